The number of anilines is 1. The van der Waals surface area contributed by atoms with Gasteiger partial charge < -0.3 is 14.4 Å². The molecule has 3 heterocycles. The Morgan fingerprint density at radius 3 is 2.73 bits per heavy atom. The molecule has 8 heteroatoms. The number of methoxy groups -OCH3 is 1. The minimum absolute atomic E-state index is 0.288. The Morgan fingerprint density at radius 2 is 2.12 bits per heavy atom. The van der Waals surface area contributed by atoms with E-state index in [4.69, 9.17) is 9.47 Å². The van der Waals surface area contributed by atoms with E-state index in [1.807, 2.05) is 13.8 Å². The number of carbonyl (C=O) groups is 3. The number of amides is 3. The van der Waals surface area contributed by atoms with Crippen molar-refractivity contribution in [1.29, 1.82) is 0 Å². The predicted octanol–water partition coefficient (Wildman–Crippen LogP) is 1.84. The summed E-state index contributed by atoms with van der Waals surface area (Å²) in [4.78, 5) is 44.0. The van der Waals surface area contributed by atoms with Crippen LogP contribution < -0.4 is 9.64 Å². The molecule has 140 valence electrons. The van der Waals surface area contributed by atoms with Crippen LogP contribution in [0.15, 0.2) is 18.3 Å². The zero-order valence-corrected chi connectivity index (χ0v) is 15.2. The standard InChI is InChI=1S/C18H23N3O5/c1-11(2)10-26-15-5-4-13(9-19-15)21-16(22)14-8-12(17(23)25-3)6-7-20(14)18(21)24/h4-5,9,11-12,14H,6-8,10H2,1-3H3. The monoisotopic (exact) mass is 361 g/mol. The molecule has 0 N–H and O–H groups in total. The zero-order chi connectivity index (χ0) is 18.8. The van der Waals surface area contributed by atoms with Crippen LogP contribution in [0.25, 0.3) is 0 Å². The van der Waals surface area contributed by atoms with Crippen LogP contribution in [0, 0.1) is 11.8 Å². The summed E-state index contributed by atoms with van der Waals surface area (Å²) in [5, 5.41) is 0. The minimum Gasteiger partial charge on any atom is -0.477 e. The lowest BCUT2D eigenvalue weighted by atomic mass is 9.91. The highest BCUT2D eigenvalue weighted by atomic mass is 16.5. The average Bonchev–Trinajstić information content (AvgIpc) is 2.90. The van der Waals surface area contributed by atoms with Crippen LogP contribution in [0.3, 0.4) is 0 Å². The lowest BCUT2D eigenvalue weighted by Crippen LogP contribution is -2.44. The number of urea groups is 1. The zero-order valence-electron chi connectivity index (χ0n) is 15.2. The lowest BCUT2D eigenvalue weighted by Gasteiger charge is -2.30. The first-order chi connectivity index (χ1) is 12.4. The van der Waals surface area contributed by atoms with E-state index in [-0.39, 0.29) is 30.2 Å². The van der Waals surface area contributed by atoms with Crippen molar-refractivity contribution in [3.8, 4) is 5.88 Å². The molecular weight excluding hydrogens is 338 g/mol. The molecule has 8 nitrogen and oxygen atoms in total. The molecule has 1 aromatic heterocycles. The van der Waals surface area contributed by atoms with E-state index < -0.39 is 6.04 Å². The molecule has 3 rings (SSSR count). The molecule has 26 heavy (non-hydrogen) atoms. The van der Waals surface area contributed by atoms with Gasteiger partial charge >= 0.3 is 12.0 Å². The van der Waals surface area contributed by atoms with Gasteiger partial charge in [0, 0.05) is 12.6 Å². The van der Waals surface area contributed by atoms with Crippen LogP contribution >= 0.6 is 0 Å². The third kappa shape index (κ3) is 3.36. The molecule has 0 radical (unpaired) electrons. The number of hydrogen-bond donors (Lipinski definition) is 0. The Kier molecular flexibility index (Phi) is 5.11. The van der Waals surface area contributed by atoms with E-state index >= 15 is 0 Å². The van der Waals surface area contributed by atoms with Crippen LogP contribution in [0.1, 0.15) is 26.7 Å². The number of carbonyl (C=O) groups excluding carboxylic acids is 3. The topological polar surface area (TPSA) is 89.0 Å². The molecule has 0 aromatic carbocycles. The highest BCUT2D eigenvalue weighted by Gasteiger charge is 2.49. The SMILES string of the molecule is COC(=O)C1CCN2C(=O)N(c3ccc(OCC(C)C)nc3)C(=O)C2C1. The minimum atomic E-state index is -0.628. The Morgan fingerprint density at radius 1 is 1.35 bits per heavy atom. The summed E-state index contributed by atoms with van der Waals surface area (Å²) in [5.74, 6) is -0.206. The molecule has 2 atom stereocenters. The second-order valence-electron chi connectivity index (χ2n) is 6.97. The summed E-state index contributed by atoms with van der Waals surface area (Å²) in [5.41, 5.74) is 0.404. The molecule has 1 aromatic rings. The first-order valence-electron chi connectivity index (χ1n) is 8.73. The Labute approximate surface area is 152 Å². The van der Waals surface area contributed by atoms with E-state index in [1.165, 1.54) is 18.2 Å². The fourth-order valence-electron chi connectivity index (χ4n) is 3.26. The Bertz CT molecular complexity index is 703. The molecule has 3 amide bonds. The second kappa shape index (κ2) is 7.31. The van der Waals surface area contributed by atoms with Gasteiger partial charge in [0.15, 0.2) is 0 Å². The van der Waals surface area contributed by atoms with Crippen molar-refractivity contribution in [3.05, 3.63) is 18.3 Å². The first kappa shape index (κ1) is 18.2. The number of pyridine rings is 1. The van der Waals surface area contributed by atoms with E-state index in [0.29, 0.717) is 37.1 Å². The number of piperidine rings is 1. The van der Waals surface area contributed by atoms with Gasteiger partial charge in [-0.1, -0.05) is 13.8 Å². The van der Waals surface area contributed by atoms with Gasteiger partial charge in [-0.05, 0) is 24.8 Å². The lowest BCUT2D eigenvalue weighted by molar-refractivity contribution is -0.147. The maximum Gasteiger partial charge on any atom is 0.332 e. The highest BCUT2D eigenvalue weighted by Crippen LogP contribution is 2.33. The van der Waals surface area contributed by atoms with Gasteiger partial charge in [-0.3, -0.25) is 9.59 Å². The summed E-state index contributed by atoms with van der Waals surface area (Å²) in [6.45, 7) is 4.97. The van der Waals surface area contributed by atoms with Crippen molar-refractivity contribution in [1.82, 2.24) is 9.88 Å². The molecule has 0 bridgehead atoms. The Hall–Kier alpha value is -2.64. The second-order valence-corrected chi connectivity index (χ2v) is 6.97. The van der Waals surface area contributed by atoms with Crippen LogP contribution in [0.5, 0.6) is 5.88 Å². The number of esters is 1. The summed E-state index contributed by atoms with van der Waals surface area (Å²) in [6.07, 6.45) is 2.24. The van der Waals surface area contributed by atoms with Crippen molar-refractivity contribution in [2.45, 2.75) is 32.7 Å². The van der Waals surface area contributed by atoms with Gasteiger partial charge in [0.1, 0.15) is 6.04 Å². The number of rotatable bonds is 5. The average molecular weight is 361 g/mol. The van der Waals surface area contributed by atoms with E-state index in [9.17, 15) is 14.4 Å². The number of imide groups is 1. The molecular formula is C18H23N3O5. The number of fused-ring (bicyclic) bond motifs is 1. The highest BCUT2D eigenvalue weighted by molar-refractivity contribution is 6.21. The normalized spacial score (nSPS) is 22.6. The van der Waals surface area contributed by atoms with Gasteiger partial charge in [0.05, 0.1) is 31.5 Å². The maximum atomic E-state index is 12.8. The van der Waals surface area contributed by atoms with Crippen molar-refractivity contribution in [2.24, 2.45) is 11.8 Å². The summed E-state index contributed by atoms with van der Waals surface area (Å²) in [6, 6.07) is 2.29. The van der Waals surface area contributed by atoms with Gasteiger partial charge in [-0.25, -0.2) is 14.7 Å². The molecule has 2 aliphatic heterocycles. The molecule has 2 aliphatic rings. The quantitative estimate of drug-likeness (QED) is 0.587. The summed E-state index contributed by atoms with van der Waals surface area (Å²) in [7, 11) is 1.33. The van der Waals surface area contributed by atoms with Crippen molar-refractivity contribution in [3.63, 3.8) is 0 Å². The van der Waals surface area contributed by atoms with Gasteiger partial charge in [0.25, 0.3) is 5.91 Å². The van der Waals surface area contributed by atoms with E-state index in [1.54, 1.807) is 12.1 Å². The van der Waals surface area contributed by atoms with Crippen molar-refractivity contribution in [2.75, 3.05) is 25.2 Å². The fraction of sp³-hybridized carbons (Fsp3) is 0.556. The van der Waals surface area contributed by atoms with Crippen molar-refractivity contribution >= 4 is 23.6 Å². The molecule has 0 saturated carbocycles. The molecule has 2 fully saturated rings. The Balaban J connectivity index is 1.74. The molecule has 2 saturated heterocycles. The third-order valence-corrected chi connectivity index (χ3v) is 4.62. The summed E-state index contributed by atoms with van der Waals surface area (Å²) >= 11 is 0. The smallest absolute Gasteiger partial charge is 0.332 e. The first-order valence-corrected chi connectivity index (χ1v) is 8.73. The molecule has 0 spiro atoms. The van der Waals surface area contributed by atoms with Crippen LogP contribution in [-0.4, -0.2) is 54.1 Å². The number of nitrogens with zero attached hydrogens (tertiary/aromatic N) is 3. The van der Waals surface area contributed by atoms with Crippen LogP contribution in [-0.2, 0) is 14.3 Å². The predicted molar refractivity (Wildman–Crippen MR) is 92.7 cm³/mol. The van der Waals surface area contributed by atoms with Crippen molar-refractivity contribution < 1.29 is 23.9 Å². The molecule has 0 aliphatic carbocycles. The van der Waals surface area contributed by atoms with Gasteiger partial charge in [0.2, 0.25) is 5.88 Å². The molecule has 2 unspecified atom stereocenters. The van der Waals surface area contributed by atoms with Crippen LogP contribution in [0.2, 0.25) is 0 Å². The maximum absolute atomic E-state index is 12.8. The number of ether oxygens (including phenoxy) is 2. The third-order valence-electron chi connectivity index (χ3n) is 4.62. The largest absolute Gasteiger partial charge is 0.477 e. The van der Waals surface area contributed by atoms with Crippen LogP contribution in [0.4, 0.5) is 10.5 Å². The number of hydrogen-bond acceptors (Lipinski definition) is 6. The fourth-order valence-corrected chi connectivity index (χ4v) is 3.26. The van der Waals surface area contributed by atoms with Gasteiger partial charge in [-0.15, -0.1) is 0 Å². The number of aromatic nitrogens is 1. The van der Waals surface area contributed by atoms with E-state index in [0.717, 1.165) is 4.90 Å². The van der Waals surface area contributed by atoms with E-state index in [2.05, 4.69) is 4.98 Å². The summed E-state index contributed by atoms with van der Waals surface area (Å²) < 4.78 is 10.3. The van der Waals surface area contributed by atoms with Gasteiger partial charge in [-0.2, -0.15) is 0 Å².